The number of anilines is 1. The van der Waals surface area contributed by atoms with Crippen LogP contribution in [0.1, 0.15) is 21.5 Å². The van der Waals surface area contributed by atoms with Crippen LogP contribution in [0.25, 0.3) is 0 Å². The van der Waals surface area contributed by atoms with Crippen molar-refractivity contribution in [2.24, 2.45) is 5.73 Å². The molecule has 0 saturated carbocycles. The predicted molar refractivity (Wildman–Crippen MR) is 95.9 cm³/mol. The van der Waals surface area contributed by atoms with Crippen LogP contribution in [0.2, 0.25) is 5.02 Å². The fourth-order valence-corrected chi connectivity index (χ4v) is 4.95. The molecule has 0 radical (unpaired) electrons. The zero-order valence-electron chi connectivity index (χ0n) is 13.7. The minimum Gasteiger partial charge on any atom is -0.495 e. The summed E-state index contributed by atoms with van der Waals surface area (Å²) in [6, 6.07) is 7.63. The fourth-order valence-electron chi connectivity index (χ4n) is 3.04. The van der Waals surface area contributed by atoms with Gasteiger partial charge in [0.2, 0.25) is 5.91 Å². The molecule has 8 heteroatoms. The third-order valence-corrected chi connectivity index (χ3v) is 6.33. The van der Waals surface area contributed by atoms with E-state index in [1.54, 1.807) is 12.1 Å². The molecule has 0 fully saturated rings. The van der Waals surface area contributed by atoms with E-state index in [4.69, 9.17) is 22.1 Å². The van der Waals surface area contributed by atoms with E-state index in [1.807, 2.05) is 6.92 Å². The van der Waals surface area contributed by atoms with Crippen LogP contribution >= 0.6 is 11.6 Å². The zero-order chi connectivity index (χ0) is 18.4. The molecule has 132 valence electrons. The lowest BCUT2D eigenvalue weighted by Crippen LogP contribution is -2.29. The zero-order valence-corrected chi connectivity index (χ0v) is 15.3. The van der Waals surface area contributed by atoms with Crippen LogP contribution in [0, 0.1) is 6.92 Å². The molecule has 2 aromatic rings. The maximum Gasteiger partial charge on any atom is 0.268 e. The van der Waals surface area contributed by atoms with Crippen molar-refractivity contribution in [3.63, 3.8) is 0 Å². The number of hydrogen-bond acceptors (Lipinski definition) is 4. The highest BCUT2D eigenvalue weighted by molar-refractivity contribution is 7.93. The lowest BCUT2D eigenvalue weighted by molar-refractivity contribution is 0.1000. The Morgan fingerprint density at radius 2 is 2.00 bits per heavy atom. The van der Waals surface area contributed by atoms with E-state index in [0.29, 0.717) is 17.1 Å². The Kier molecular flexibility index (Phi) is 4.38. The first-order valence-corrected chi connectivity index (χ1v) is 9.37. The highest BCUT2D eigenvalue weighted by atomic mass is 35.5. The van der Waals surface area contributed by atoms with E-state index in [1.165, 1.54) is 29.6 Å². The Morgan fingerprint density at radius 1 is 1.28 bits per heavy atom. The molecule has 25 heavy (non-hydrogen) atoms. The summed E-state index contributed by atoms with van der Waals surface area (Å²) in [6.07, 6.45) is 0.558. The molecule has 2 N–H and O–H groups in total. The smallest absolute Gasteiger partial charge is 0.268 e. The molecule has 0 bridgehead atoms. The molecule has 0 aromatic heterocycles. The Labute approximate surface area is 151 Å². The highest BCUT2D eigenvalue weighted by Crippen LogP contribution is 2.38. The topological polar surface area (TPSA) is 89.7 Å². The number of aryl methyl sites for hydroxylation is 1. The van der Waals surface area contributed by atoms with Crippen molar-refractivity contribution >= 4 is 33.2 Å². The Hall–Kier alpha value is -2.25. The molecular weight excluding hydrogens is 364 g/mol. The van der Waals surface area contributed by atoms with Crippen LogP contribution < -0.4 is 14.8 Å². The van der Waals surface area contributed by atoms with Crippen LogP contribution in [0.5, 0.6) is 5.75 Å². The van der Waals surface area contributed by atoms with Crippen LogP contribution in [0.3, 0.4) is 0 Å². The second-order valence-corrected chi connectivity index (χ2v) is 8.04. The van der Waals surface area contributed by atoms with Crippen molar-refractivity contribution in [1.82, 2.24) is 0 Å². The summed E-state index contributed by atoms with van der Waals surface area (Å²) in [7, 11) is -2.51. The summed E-state index contributed by atoms with van der Waals surface area (Å²) in [5.74, 6) is -0.392. The van der Waals surface area contributed by atoms with Gasteiger partial charge >= 0.3 is 0 Å². The van der Waals surface area contributed by atoms with Gasteiger partial charge in [-0.15, -0.1) is 0 Å². The molecule has 0 saturated heterocycles. The van der Waals surface area contributed by atoms with Crippen LogP contribution in [0.4, 0.5) is 5.69 Å². The minimum atomic E-state index is -3.90. The first-order chi connectivity index (χ1) is 11.8. The number of hydrogen-bond donors (Lipinski definition) is 1. The molecule has 1 aliphatic heterocycles. The van der Waals surface area contributed by atoms with Gasteiger partial charge in [0.25, 0.3) is 10.0 Å². The molecule has 6 nitrogen and oxygen atoms in total. The lowest BCUT2D eigenvalue weighted by atomic mass is 10.0. The van der Waals surface area contributed by atoms with E-state index in [-0.39, 0.29) is 22.8 Å². The first-order valence-electron chi connectivity index (χ1n) is 7.55. The van der Waals surface area contributed by atoms with Crippen molar-refractivity contribution < 1.29 is 17.9 Å². The Balaban J connectivity index is 2.17. The number of methoxy groups -OCH3 is 1. The van der Waals surface area contributed by atoms with Gasteiger partial charge < -0.3 is 10.5 Å². The van der Waals surface area contributed by atoms with Gasteiger partial charge in [0.1, 0.15) is 10.6 Å². The predicted octanol–water partition coefficient (Wildman–Crippen LogP) is 2.51. The summed E-state index contributed by atoms with van der Waals surface area (Å²) in [5.41, 5.74) is 7.83. The summed E-state index contributed by atoms with van der Waals surface area (Å²) in [5, 5.41) is 0.292. The van der Waals surface area contributed by atoms with Gasteiger partial charge in [0.05, 0.1) is 12.8 Å². The standard InChI is InChI=1S/C17H17ClN2O4S/c1-10-7-11(17(19)21)8-14-13(10)5-6-20(14)25(22,23)16-9-12(18)3-4-15(16)24-2/h3-4,7-9H,5-6H2,1-2H3,(H2,19,21). The second-order valence-electron chi connectivity index (χ2n) is 5.78. The number of halogens is 1. The molecular formula is C17H17ClN2O4S. The maximum absolute atomic E-state index is 13.2. The third-order valence-electron chi connectivity index (χ3n) is 4.26. The number of nitrogens with two attached hydrogens (primary N) is 1. The van der Waals surface area contributed by atoms with Crippen molar-refractivity contribution in [2.75, 3.05) is 18.0 Å². The third kappa shape index (κ3) is 2.94. The van der Waals surface area contributed by atoms with E-state index in [2.05, 4.69) is 0 Å². The number of amides is 1. The molecule has 0 aliphatic carbocycles. The Morgan fingerprint density at radius 3 is 2.64 bits per heavy atom. The van der Waals surface area contributed by atoms with Crippen molar-refractivity contribution in [3.05, 3.63) is 52.0 Å². The second kappa shape index (κ2) is 6.24. The molecule has 1 aliphatic rings. The normalized spacial score (nSPS) is 13.6. The summed E-state index contributed by atoms with van der Waals surface area (Å²) >= 11 is 5.98. The molecule has 1 heterocycles. The van der Waals surface area contributed by atoms with Crippen molar-refractivity contribution in [2.45, 2.75) is 18.2 Å². The maximum atomic E-state index is 13.2. The monoisotopic (exact) mass is 380 g/mol. The van der Waals surface area contributed by atoms with E-state index in [0.717, 1.165) is 11.1 Å². The summed E-state index contributed by atoms with van der Waals surface area (Å²) in [4.78, 5) is 11.5. The quantitative estimate of drug-likeness (QED) is 0.882. The number of benzene rings is 2. The highest BCUT2D eigenvalue weighted by Gasteiger charge is 2.34. The number of carbonyl (C=O) groups excluding carboxylic acids is 1. The van der Waals surface area contributed by atoms with Gasteiger partial charge in [-0.2, -0.15) is 0 Å². The minimum absolute atomic E-state index is 0.0162. The number of nitrogens with zero attached hydrogens (tertiary/aromatic N) is 1. The lowest BCUT2D eigenvalue weighted by Gasteiger charge is -2.21. The van der Waals surface area contributed by atoms with Crippen molar-refractivity contribution in [3.8, 4) is 5.75 Å². The van der Waals surface area contributed by atoms with Crippen LogP contribution in [-0.2, 0) is 16.4 Å². The number of rotatable bonds is 4. The van der Waals surface area contributed by atoms with Crippen LogP contribution in [0.15, 0.2) is 35.2 Å². The van der Waals surface area contributed by atoms with Gasteiger partial charge in [0, 0.05) is 17.1 Å². The molecule has 2 aromatic carbocycles. The van der Waals surface area contributed by atoms with E-state index >= 15 is 0 Å². The SMILES string of the molecule is COc1ccc(Cl)cc1S(=O)(=O)N1CCc2c(C)cc(C(N)=O)cc21. The Bertz CT molecular complexity index is 973. The molecule has 0 atom stereocenters. The van der Waals surface area contributed by atoms with Gasteiger partial charge in [-0.3, -0.25) is 9.10 Å². The average molecular weight is 381 g/mol. The molecule has 0 unspecified atom stereocenters. The van der Waals surface area contributed by atoms with Crippen LogP contribution in [-0.4, -0.2) is 28.0 Å². The van der Waals surface area contributed by atoms with Gasteiger partial charge in [-0.25, -0.2) is 8.42 Å². The molecule has 3 rings (SSSR count). The average Bonchev–Trinajstić information content (AvgIpc) is 3.00. The number of ether oxygens (including phenoxy) is 1. The van der Waals surface area contributed by atoms with Gasteiger partial charge in [-0.05, 0) is 54.8 Å². The van der Waals surface area contributed by atoms with E-state index in [9.17, 15) is 13.2 Å². The summed E-state index contributed by atoms with van der Waals surface area (Å²) in [6.45, 7) is 2.11. The largest absolute Gasteiger partial charge is 0.495 e. The number of sulfonamides is 1. The van der Waals surface area contributed by atoms with E-state index < -0.39 is 15.9 Å². The first kappa shape index (κ1) is 17.6. The van der Waals surface area contributed by atoms with Gasteiger partial charge in [0.15, 0.2) is 0 Å². The van der Waals surface area contributed by atoms with Gasteiger partial charge in [-0.1, -0.05) is 11.6 Å². The fraction of sp³-hybridized carbons (Fsp3) is 0.235. The number of primary amides is 1. The summed E-state index contributed by atoms with van der Waals surface area (Å²) < 4.78 is 32.8. The molecule has 0 spiro atoms. The molecule has 1 amide bonds. The van der Waals surface area contributed by atoms with Crippen molar-refractivity contribution in [1.29, 1.82) is 0 Å². The number of fused-ring (bicyclic) bond motifs is 1. The number of carbonyl (C=O) groups is 1.